The van der Waals surface area contributed by atoms with Gasteiger partial charge in [-0.25, -0.2) is 9.59 Å². The summed E-state index contributed by atoms with van der Waals surface area (Å²) < 4.78 is 16.8. The molecular weight excluding hydrogens is 394 g/mol. The number of nitrogens with zero attached hydrogens (tertiary/aromatic N) is 1. The third kappa shape index (κ3) is 6.37. The van der Waals surface area contributed by atoms with Crippen LogP contribution in [0.5, 0.6) is 5.75 Å². The molecule has 0 N–H and O–H groups in total. The van der Waals surface area contributed by atoms with Crippen LogP contribution in [0.1, 0.15) is 94.1 Å². The van der Waals surface area contributed by atoms with Gasteiger partial charge in [0.2, 0.25) is 0 Å². The Balaban J connectivity index is 1.97. The van der Waals surface area contributed by atoms with Gasteiger partial charge in [-0.2, -0.15) is 0 Å². The lowest BCUT2D eigenvalue weighted by Gasteiger charge is -2.40. The molecule has 2 bridgehead atoms. The normalized spacial score (nSPS) is 22.6. The van der Waals surface area contributed by atoms with Crippen molar-refractivity contribution >= 4 is 12.1 Å². The van der Waals surface area contributed by atoms with Gasteiger partial charge < -0.3 is 19.1 Å². The van der Waals surface area contributed by atoms with Gasteiger partial charge in [0.25, 0.3) is 0 Å². The van der Waals surface area contributed by atoms with Crippen LogP contribution in [-0.4, -0.2) is 42.8 Å². The van der Waals surface area contributed by atoms with E-state index in [1.54, 1.807) is 12.1 Å². The number of carbonyl (C=O) groups is 2. The minimum atomic E-state index is -0.550. The highest BCUT2D eigenvalue weighted by Crippen LogP contribution is 2.41. The number of likely N-dealkylation sites (tertiary alicyclic amines) is 1. The molecule has 3 rings (SSSR count). The van der Waals surface area contributed by atoms with E-state index in [0.717, 1.165) is 31.2 Å². The van der Waals surface area contributed by atoms with Gasteiger partial charge in [-0.1, -0.05) is 38.2 Å². The van der Waals surface area contributed by atoms with Crippen LogP contribution in [0.2, 0.25) is 0 Å². The fourth-order valence-electron chi connectivity index (χ4n) is 4.56. The SMILES string of the molecule is COC(=O)c1ccc2c(c1)OCCCCCCC[C@H]1CCN(C(=O)OC(C)(C)C)[C@H]2C1. The number of ether oxygens (including phenoxy) is 3. The predicted octanol–water partition coefficient (Wildman–Crippen LogP) is 5.89. The maximum atomic E-state index is 13.1. The molecule has 1 saturated heterocycles. The van der Waals surface area contributed by atoms with Gasteiger partial charge in [0, 0.05) is 12.1 Å². The topological polar surface area (TPSA) is 65.1 Å². The second-order valence-corrected chi connectivity index (χ2v) is 9.73. The Morgan fingerprint density at radius 2 is 1.81 bits per heavy atom. The zero-order valence-electron chi connectivity index (χ0n) is 19.4. The summed E-state index contributed by atoms with van der Waals surface area (Å²) in [5, 5.41) is 0. The number of hydrogen-bond donors (Lipinski definition) is 0. The average Bonchev–Trinajstić information content (AvgIpc) is 2.74. The lowest BCUT2D eigenvalue weighted by atomic mass is 9.83. The van der Waals surface area contributed by atoms with Crippen molar-refractivity contribution in [3.63, 3.8) is 0 Å². The Morgan fingerprint density at radius 1 is 1.06 bits per heavy atom. The maximum Gasteiger partial charge on any atom is 0.410 e. The molecule has 0 aliphatic carbocycles. The van der Waals surface area contributed by atoms with Crippen LogP contribution < -0.4 is 4.74 Å². The van der Waals surface area contributed by atoms with Gasteiger partial charge in [0.1, 0.15) is 11.4 Å². The molecule has 0 aromatic heterocycles. The van der Waals surface area contributed by atoms with E-state index < -0.39 is 5.60 Å². The van der Waals surface area contributed by atoms with Crippen molar-refractivity contribution in [2.24, 2.45) is 5.92 Å². The Bertz CT molecular complexity index is 770. The highest BCUT2D eigenvalue weighted by Gasteiger charge is 2.36. The zero-order valence-corrected chi connectivity index (χ0v) is 19.4. The number of piperidine rings is 1. The molecule has 1 fully saturated rings. The highest BCUT2D eigenvalue weighted by molar-refractivity contribution is 5.90. The van der Waals surface area contributed by atoms with Gasteiger partial charge in [-0.05, 0) is 58.1 Å². The van der Waals surface area contributed by atoms with E-state index in [1.165, 1.54) is 32.8 Å². The fourth-order valence-corrected chi connectivity index (χ4v) is 4.56. The van der Waals surface area contributed by atoms with Gasteiger partial charge in [0.15, 0.2) is 0 Å². The van der Waals surface area contributed by atoms with E-state index in [9.17, 15) is 9.59 Å². The largest absolute Gasteiger partial charge is 0.493 e. The Hall–Kier alpha value is -2.24. The van der Waals surface area contributed by atoms with E-state index in [2.05, 4.69) is 0 Å². The molecule has 2 atom stereocenters. The average molecular weight is 432 g/mol. The molecule has 1 aromatic carbocycles. The summed E-state index contributed by atoms with van der Waals surface area (Å²) in [5.74, 6) is 0.846. The van der Waals surface area contributed by atoms with Crippen molar-refractivity contribution in [2.75, 3.05) is 20.3 Å². The quantitative estimate of drug-likeness (QED) is 0.518. The van der Waals surface area contributed by atoms with Crippen LogP contribution >= 0.6 is 0 Å². The zero-order chi connectivity index (χ0) is 22.4. The number of amides is 1. The monoisotopic (exact) mass is 431 g/mol. The summed E-state index contributed by atoms with van der Waals surface area (Å²) in [4.78, 5) is 27.0. The van der Waals surface area contributed by atoms with Crippen LogP contribution in [-0.2, 0) is 9.47 Å². The van der Waals surface area contributed by atoms with Gasteiger partial charge in [0.05, 0.1) is 25.3 Å². The standard InChI is InChI=1S/C25H37NO5/c1-25(2,3)31-24(28)26-14-13-18-10-8-6-5-7-9-15-30-22-17-19(23(27)29-4)11-12-20(22)21(26)16-18/h11-12,17-18,21H,5-10,13-16H2,1-4H3/t18-,21-/m0/s1. The van der Waals surface area contributed by atoms with Crippen molar-refractivity contribution in [3.05, 3.63) is 29.3 Å². The first kappa shape index (κ1) is 23.4. The first-order valence-corrected chi connectivity index (χ1v) is 11.6. The molecule has 0 spiro atoms. The number of esters is 1. The van der Waals surface area contributed by atoms with Crippen LogP contribution in [0.3, 0.4) is 0 Å². The third-order valence-corrected chi connectivity index (χ3v) is 6.15. The van der Waals surface area contributed by atoms with E-state index in [1.807, 2.05) is 31.7 Å². The minimum Gasteiger partial charge on any atom is -0.493 e. The number of benzene rings is 1. The molecular formula is C25H37NO5. The van der Waals surface area contributed by atoms with Crippen molar-refractivity contribution in [1.82, 2.24) is 4.90 Å². The van der Waals surface area contributed by atoms with Crippen molar-refractivity contribution in [2.45, 2.75) is 83.8 Å². The van der Waals surface area contributed by atoms with Crippen LogP contribution in [0.15, 0.2) is 18.2 Å². The maximum absolute atomic E-state index is 13.1. The molecule has 2 aliphatic heterocycles. The van der Waals surface area contributed by atoms with Gasteiger partial charge in [-0.15, -0.1) is 0 Å². The number of carbonyl (C=O) groups excluding carboxylic acids is 2. The number of hydrogen-bond acceptors (Lipinski definition) is 5. The molecule has 1 aromatic rings. The highest BCUT2D eigenvalue weighted by atomic mass is 16.6. The van der Waals surface area contributed by atoms with E-state index in [-0.39, 0.29) is 18.1 Å². The second-order valence-electron chi connectivity index (χ2n) is 9.73. The molecule has 172 valence electrons. The van der Waals surface area contributed by atoms with Gasteiger partial charge >= 0.3 is 12.1 Å². The van der Waals surface area contributed by atoms with E-state index >= 15 is 0 Å². The van der Waals surface area contributed by atoms with Crippen LogP contribution in [0, 0.1) is 5.92 Å². The molecule has 0 unspecified atom stereocenters. The summed E-state index contributed by atoms with van der Waals surface area (Å²) in [7, 11) is 1.38. The van der Waals surface area contributed by atoms with Gasteiger partial charge in [-0.3, -0.25) is 0 Å². The second kappa shape index (κ2) is 10.4. The predicted molar refractivity (Wildman–Crippen MR) is 119 cm³/mol. The van der Waals surface area contributed by atoms with E-state index in [4.69, 9.17) is 14.2 Å². The molecule has 2 heterocycles. The smallest absolute Gasteiger partial charge is 0.410 e. The van der Waals surface area contributed by atoms with Crippen molar-refractivity contribution in [1.29, 1.82) is 0 Å². The van der Waals surface area contributed by atoms with Crippen LogP contribution in [0.25, 0.3) is 0 Å². The summed E-state index contributed by atoms with van der Waals surface area (Å²) in [6.07, 6.45) is 8.60. The first-order valence-electron chi connectivity index (χ1n) is 11.6. The third-order valence-electron chi connectivity index (χ3n) is 6.15. The molecule has 6 nitrogen and oxygen atoms in total. The summed E-state index contributed by atoms with van der Waals surface area (Å²) >= 11 is 0. The lowest BCUT2D eigenvalue weighted by molar-refractivity contribution is 0.00322. The molecule has 1 amide bonds. The Morgan fingerprint density at radius 3 is 2.55 bits per heavy atom. The summed E-state index contributed by atoms with van der Waals surface area (Å²) in [5.41, 5.74) is 0.856. The lowest BCUT2D eigenvalue weighted by Crippen LogP contribution is -2.44. The molecule has 0 saturated carbocycles. The summed E-state index contributed by atoms with van der Waals surface area (Å²) in [6, 6.07) is 5.32. The minimum absolute atomic E-state index is 0.129. The van der Waals surface area contributed by atoms with Crippen molar-refractivity contribution in [3.8, 4) is 5.75 Å². The Kier molecular flexibility index (Phi) is 7.84. The number of rotatable bonds is 1. The van der Waals surface area contributed by atoms with Crippen LogP contribution in [0.4, 0.5) is 4.79 Å². The molecule has 2 aliphatic rings. The summed E-state index contributed by atoms with van der Waals surface area (Å²) in [6.45, 7) is 6.94. The Labute approximate surface area is 186 Å². The van der Waals surface area contributed by atoms with E-state index in [0.29, 0.717) is 30.4 Å². The first-order chi connectivity index (χ1) is 14.8. The van der Waals surface area contributed by atoms with Crippen molar-refractivity contribution < 1.29 is 23.8 Å². The molecule has 6 heteroatoms. The molecule has 31 heavy (non-hydrogen) atoms. The number of methoxy groups -OCH3 is 1. The molecule has 0 radical (unpaired) electrons. The fraction of sp³-hybridized carbons (Fsp3) is 0.680. The number of fused-ring (bicyclic) bond motifs is 4.